The first-order valence-corrected chi connectivity index (χ1v) is 10.6. The van der Waals surface area contributed by atoms with E-state index in [1.165, 1.54) is 17.3 Å². The summed E-state index contributed by atoms with van der Waals surface area (Å²) in [7, 11) is 0. The molecule has 4 rings (SSSR count). The van der Waals surface area contributed by atoms with Gasteiger partial charge in [0.1, 0.15) is 0 Å². The zero-order chi connectivity index (χ0) is 19.3. The maximum absolute atomic E-state index is 12.4. The molecule has 0 aliphatic heterocycles. The summed E-state index contributed by atoms with van der Waals surface area (Å²) in [6.45, 7) is 0.720. The van der Waals surface area contributed by atoms with Crippen molar-refractivity contribution < 1.29 is 4.79 Å². The van der Waals surface area contributed by atoms with E-state index in [-0.39, 0.29) is 5.91 Å². The van der Waals surface area contributed by atoms with Crippen molar-refractivity contribution >= 4 is 50.3 Å². The highest BCUT2D eigenvalue weighted by Gasteiger charge is 2.13. The van der Waals surface area contributed by atoms with Crippen LogP contribution in [0.1, 0.15) is 5.56 Å². The van der Waals surface area contributed by atoms with Crippen LogP contribution in [0.15, 0.2) is 88.5 Å². The topological polar surface area (TPSA) is 46.9 Å². The molecule has 0 fully saturated rings. The summed E-state index contributed by atoms with van der Waals surface area (Å²) >= 11 is 4.85. The lowest BCUT2D eigenvalue weighted by atomic mass is 10.2. The molecule has 1 amide bonds. The van der Waals surface area contributed by atoms with Crippen LogP contribution in [0.2, 0.25) is 0 Å². The summed E-state index contributed by atoms with van der Waals surface area (Å²) < 4.78 is 3.15. The number of amides is 1. The lowest BCUT2D eigenvalue weighted by Gasteiger charge is -2.09. The normalized spacial score (nSPS) is 10.9. The predicted octanol–water partition coefficient (Wildman–Crippen LogP) is 5.58. The first-order valence-electron chi connectivity index (χ1n) is 8.86. The molecule has 6 heteroatoms. The first-order chi connectivity index (χ1) is 13.7. The van der Waals surface area contributed by atoms with E-state index in [1.54, 1.807) is 0 Å². The Labute approximate surface area is 176 Å². The van der Waals surface area contributed by atoms with E-state index >= 15 is 0 Å². The molecule has 0 bridgehead atoms. The second-order valence-corrected chi connectivity index (χ2v) is 8.16. The lowest BCUT2D eigenvalue weighted by Crippen LogP contribution is -2.14. The molecular formula is C22H18BrN3OS. The Kier molecular flexibility index (Phi) is 5.78. The zero-order valence-electron chi connectivity index (χ0n) is 15.0. The van der Waals surface area contributed by atoms with Gasteiger partial charge in [-0.3, -0.25) is 4.79 Å². The van der Waals surface area contributed by atoms with Crippen LogP contribution in [-0.2, 0) is 11.3 Å². The number of carbonyl (C=O) groups is 1. The van der Waals surface area contributed by atoms with Gasteiger partial charge in [0.15, 0.2) is 5.16 Å². The van der Waals surface area contributed by atoms with E-state index < -0.39 is 0 Å². The molecule has 4 nitrogen and oxygen atoms in total. The molecule has 4 aromatic rings. The van der Waals surface area contributed by atoms with E-state index in [4.69, 9.17) is 4.98 Å². The van der Waals surface area contributed by atoms with Crippen LogP contribution in [0.3, 0.4) is 0 Å². The van der Waals surface area contributed by atoms with Crippen LogP contribution in [-0.4, -0.2) is 21.2 Å². The number of benzene rings is 3. The van der Waals surface area contributed by atoms with E-state index in [0.717, 1.165) is 32.9 Å². The van der Waals surface area contributed by atoms with Crippen molar-refractivity contribution in [2.45, 2.75) is 11.7 Å². The van der Waals surface area contributed by atoms with Crippen LogP contribution in [0.5, 0.6) is 0 Å². The van der Waals surface area contributed by atoms with Gasteiger partial charge >= 0.3 is 0 Å². The molecule has 0 radical (unpaired) electrons. The fourth-order valence-electron chi connectivity index (χ4n) is 2.94. The zero-order valence-corrected chi connectivity index (χ0v) is 17.4. The van der Waals surface area contributed by atoms with Gasteiger partial charge in [0.25, 0.3) is 0 Å². The molecule has 1 heterocycles. The highest BCUT2D eigenvalue weighted by molar-refractivity contribution is 9.10. The average Bonchev–Trinajstić information content (AvgIpc) is 3.06. The van der Waals surface area contributed by atoms with E-state index in [2.05, 4.69) is 44.0 Å². The highest BCUT2D eigenvalue weighted by Crippen LogP contribution is 2.25. The Morgan fingerprint density at radius 2 is 1.68 bits per heavy atom. The van der Waals surface area contributed by atoms with Gasteiger partial charge in [0, 0.05) is 10.2 Å². The van der Waals surface area contributed by atoms with Crippen LogP contribution >= 0.6 is 27.7 Å². The third-order valence-electron chi connectivity index (χ3n) is 4.26. The van der Waals surface area contributed by atoms with Crippen molar-refractivity contribution in [3.63, 3.8) is 0 Å². The van der Waals surface area contributed by atoms with Crippen molar-refractivity contribution in [2.75, 3.05) is 11.1 Å². The van der Waals surface area contributed by atoms with Crippen LogP contribution in [0.4, 0.5) is 5.69 Å². The molecule has 140 valence electrons. The molecule has 0 saturated heterocycles. The summed E-state index contributed by atoms with van der Waals surface area (Å²) in [5.41, 5.74) is 4.00. The summed E-state index contributed by atoms with van der Waals surface area (Å²) in [6, 6.07) is 25.9. The number of nitrogens with one attached hydrogen (secondary N) is 1. The molecule has 0 saturated carbocycles. The number of anilines is 1. The van der Waals surface area contributed by atoms with Gasteiger partial charge in [-0.15, -0.1) is 0 Å². The number of rotatable bonds is 6. The monoisotopic (exact) mass is 451 g/mol. The molecule has 0 aliphatic carbocycles. The standard InChI is InChI=1S/C22H18BrN3OS/c23-17-10-12-18(13-11-17)24-21(27)15-28-22-25-19-8-4-5-9-20(19)26(22)14-16-6-2-1-3-7-16/h1-13H,14-15H2,(H,24,27). The number of para-hydroxylation sites is 2. The average molecular weight is 452 g/mol. The number of halogens is 1. The molecule has 3 aromatic carbocycles. The van der Waals surface area contributed by atoms with E-state index in [9.17, 15) is 4.79 Å². The number of hydrogen-bond donors (Lipinski definition) is 1. The van der Waals surface area contributed by atoms with Crippen molar-refractivity contribution in [1.82, 2.24) is 9.55 Å². The maximum atomic E-state index is 12.4. The predicted molar refractivity (Wildman–Crippen MR) is 119 cm³/mol. The fourth-order valence-corrected chi connectivity index (χ4v) is 4.02. The number of aromatic nitrogens is 2. The summed E-state index contributed by atoms with van der Waals surface area (Å²) in [4.78, 5) is 17.1. The lowest BCUT2D eigenvalue weighted by molar-refractivity contribution is -0.113. The molecular weight excluding hydrogens is 434 g/mol. The van der Waals surface area contributed by atoms with Crippen LogP contribution in [0, 0.1) is 0 Å². The molecule has 0 atom stereocenters. The Balaban J connectivity index is 1.52. The number of thioether (sulfide) groups is 1. The number of nitrogens with zero attached hydrogens (tertiary/aromatic N) is 2. The molecule has 1 N–H and O–H groups in total. The molecule has 0 spiro atoms. The number of fused-ring (bicyclic) bond motifs is 1. The number of hydrogen-bond acceptors (Lipinski definition) is 3. The number of imidazole rings is 1. The molecule has 0 aliphatic rings. The van der Waals surface area contributed by atoms with Gasteiger partial charge < -0.3 is 9.88 Å². The van der Waals surface area contributed by atoms with E-state index in [0.29, 0.717) is 5.75 Å². The minimum absolute atomic E-state index is 0.0503. The van der Waals surface area contributed by atoms with Crippen molar-refractivity contribution in [2.24, 2.45) is 0 Å². The van der Waals surface area contributed by atoms with Crippen molar-refractivity contribution in [3.05, 3.63) is 88.9 Å². The largest absolute Gasteiger partial charge is 0.325 e. The number of carbonyl (C=O) groups excluding carboxylic acids is 1. The molecule has 28 heavy (non-hydrogen) atoms. The van der Waals surface area contributed by atoms with E-state index in [1.807, 2.05) is 60.7 Å². The molecule has 0 unspecified atom stereocenters. The van der Waals surface area contributed by atoms with Gasteiger partial charge in [-0.05, 0) is 42.0 Å². The Bertz CT molecular complexity index is 1090. The molecule has 1 aromatic heterocycles. The summed E-state index contributed by atoms with van der Waals surface area (Å²) in [5.74, 6) is 0.249. The third kappa shape index (κ3) is 4.46. The van der Waals surface area contributed by atoms with Gasteiger partial charge in [-0.2, -0.15) is 0 Å². The third-order valence-corrected chi connectivity index (χ3v) is 5.77. The first kappa shape index (κ1) is 18.8. The minimum Gasteiger partial charge on any atom is -0.325 e. The maximum Gasteiger partial charge on any atom is 0.234 e. The summed E-state index contributed by atoms with van der Waals surface area (Å²) in [6.07, 6.45) is 0. The minimum atomic E-state index is -0.0503. The van der Waals surface area contributed by atoms with Crippen LogP contribution < -0.4 is 5.32 Å². The highest BCUT2D eigenvalue weighted by atomic mass is 79.9. The smallest absolute Gasteiger partial charge is 0.234 e. The van der Waals surface area contributed by atoms with Crippen LogP contribution in [0.25, 0.3) is 11.0 Å². The van der Waals surface area contributed by atoms with Gasteiger partial charge in [-0.25, -0.2) is 4.98 Å². The summed E-state index contributed by atoms with van der Waals surface area (Å²) in [5, 5.41) is 3.77. The van der Waals surface area contributed by atoms with Crippen molar-refractivity contribution in [1.29, 1.82) is 0 Å². The van der Waals surface area contributed by atoms with Crippen molar-refractivity contribution in [3.8, 4) is 0 Å². The quantitative estimate of drug-likeness (QED) is 0.389. The Hall–Kier alpha value is -2.57. The van der Waals surface area contributed by atoms with Gasteiger partial charge in [0.05, 0.1) is 23.3 Å². The second-order valence-electron chi connectivity index (χ2n) is 6.30. The van der Waals surface area contributed by atoms with Gasteiger partial charge in [0.2, 0.25) is 5.91 Å². The second kappa shape index (κ2) is 8.63. The Morgan fingerprint density at radius 1 is 0.964 bits per heavy atom. The SMILES string of the molecule is O=C(CSc1nc2ccccc2n1Cc1ccccc1)Nc1ccc(Br)cc1. The fraction of sp³-hybridized carbons (Fsp3) is 0.0909. The van der Waals surface area contributed by atoms with Gasteiger partial charge in [-0.1, -0.05) is 70.2 Å². The Morgan fingerprint density at radius 3 is 2.46 bits per heavy atom.